The first-order valence-corrected chi connectivity index (χ1v) is 7.41. The Labute approximate surface area is 118 Å². The summed E-state index contributed by atoms with van der Waals surface area (Å²) in [7, 11) is -3.62. The molecule has 0 atom stereocenters. The number of hydrogen-bond acceptors (Lipinski definition) is 4. The van der Waals surface area contributed by atoms with Gasteiger partial charge in [0.1, 0.15) is 0 Å². The van der Waals surface area contributed by atoms with E-state index in [1.807, 2.05) is 6.07 Å². The van der Waals surface area contributed by atoms with Gasteiger partial charge in [-0.25, -0.2) is 8.42 Å². The molecule has 0 unspecified atom stereocenters. The van der Waals surface area contributed by atoms with Gasteiger partial charge in [-0.1, -0.05) is 12.1 Å². The maximum Gasteiger partial charge on any atom is 0.261 e. The van der Waals surface area contributed by atoms with E-state index >= 15 is 0 Å². The highest BCUT2D eigenvalue weighted by atomic mass is 32.2. The lowest BCUT2D eigenvalue weighted by Crippen LogP contribution is -2.13. The molecule has 2 aromatic rings. The second kappa shape index (κ2) is 5.72. The quantitative estimate of drug-likeness (QED) is 0.935. The van der Waals surface area contributed by atoms with Crippen LogP contribution in [0, 0.1) is 18.3 Å². The maximum atomic E-state index is 12.2. The highest BCUT2D eigenvalue weighted by molar-refractivity contribution is 7.92. The zero-order valence-electron chi connectivity index (χ0n) is 10.9. The minimum Gasteiger partial charge on any atom is -0.280 e. The molecular formula is C14H13N3O2S. The molecule has 0 saturated carbocycles. The fourth-order valence-corrected chi connectivity index (χ4v) is 2.75. The van der Waals surface area contributed by atoms with E-state index in [9.17, 15) is 8.42 Å². The second-order valence-electron chi connectivity index (χ2n) is 4.27. The Morgan fingerprint density at radius 1 is 1.25 bits per heavy atom. The third-order valence-corrected chi connectivity index (χ3v) is 4.06. The Morgan fingerprint density at radius 3 is 2.55 bits per heavy atom. The summed E-state index contributed by atoms with van der Waals surface area (Å²) < 4.78 is 26.9. The number of nitrogens with one attached hydrogen (secondary N) is 1. The van der Waals surface area contributed by atoms with Crippen LogP contribution in [0.5, 0.6) is 0 Å². The summed E-state index contributed by atoms with van der Waals surface area (Å²) in [5.41, 5.74) is 1.99. The minimum absolute atomic E-state index is 0.161. The summed E-state index contributed by atoms with van der Waals surface area (Å²) in [6, 6.07) is 11.5. The van der Waals surface area contributed by atoms with Gasteiger partial charge in [0, 0.05) is 11.9 Å². The van der Waals surface area contributed by atoms with Crippen molar-refractivity contribution >= 4 is 15.7 Å². The molecule has 5 nitrogen and oxygen atoms in total. The fraction of sp³-hybridized carbons (Fsp3) is 0.143. The molecule has 0 aliphatic rings. The van der Waals surface area contributed by atoms with Crippen LogP contribution in [0.2, 0.25) is 0 Å². The highest BCUT2D eigenvalue weighted by Gasteiger charge is 2.14. The van der Waals surface area contributed by atoms with Crippen LogP contribution in [0.3, 0.4) is 0 Å². The number of pyridine rings is 1. The Bertz CT molecular complexity index is 747. The number of aryl methyl sites for hydroxylation is 1. The van der Waals surface area contributed by atoms with E-state index in [1.54, 1.807) is 37.4 Å². The van der Waals surface area contributed by atoms with Crippen molar-refractivity contribution < 1.29 is 8.42 Å². The molecule has 1 aromatic heterocycles. The number of rotatable bonds is 4. The minimum atomic E-state index is -3.62. The molecule has 1 aromatic carbocycles. The van der Waals surface area contributed by atoms with Gasteiger partial charge in [0.15, 0.2) is 0 Å². The largest absolute Gasteiger partial charge is 0.280 e. The van der Waals surface area contributed by atoms with Crippen LogP contribution in [0.25, 0.3) is 0 Å². The monoisotopic (exact) mass is 287 g/mol. The highest BCUT2D eigenvalue weighted by Crippen LogP contribution is 2.16. The van der Waals surface area contributed by atoms with Gasteiger partial charge in [-0.05, 0) is 36.8 Å². The molecule has 1 N–H and O–H groups in total. The molecule has 20 heavy (non-hydrogen) atoms. The second-order valence-corrected chi connectivity index (χ2v) is 5.95. The number of sulfonamides is 1. The van der Waals surface area contributed by atoms with Gasteiger partial charge in [0.25, 0.3) is 10.0 Å². The van der Waals surface area contributed by atoms with Gasteiger partial charge < -0.3 is 0 Å². The molecule has 0 amide bonds. The SMILES string of the molecule is Cc1cc(NS(=O)(=O)c2ccc(CC#N)cc2)ccn1. The van der Waals surface area contributed by atoms with Crippen LogP contribution in [0.15, 0.2) is 47.5 Å². The summed E-state index contributed by atoms with van der Waals surface area (Å²) >= 11 is 0. The molecule has 0 aliphatic heterocycles. The number of aromatic nitrogens is 1. The van der Waals surface area contributed by atoms with Crippen molar-refractivity contribution in [2.24, 2.45) is 0 Å². The third-order valence-electron chi connectivity index (χ3n) is 2.67. The average Bonchev–Trinajstić information content (AvgIpc) is 2.39. The Kier molecular flexibility index (Phi) is 4.01. The zero-order chi connectivity index (χ0) is 14.6. The topological polar surface area (TPSA) is 82.9 Å². The van der Waals surface area contributed by atoms with E-state index in [0.29, 0.717) is 5.69 Å². The maximum absolute atomic E-state index is 12.2. The van der Waals surface area contributed by atoms with Crippen molar-refractivity contribution in [3.63, 3.8) is 0 Å². The molecular weight excluding hydrogens is 274 g/mol. The van der Waals surface area contributed by atoms with Gasteiger partial charge >= 0.3 is 0 Å². The van der Waals surface area contributed by atoms with Crippen LogP contribution in [-0.4, -0.2) is 13.4 Å². The van der Waals surface area contributed by atoms with Gasteiger partial charge in [-0.15, -0.1) is 0 Å². The molecule has 102 valence electrons. The lowest BCUT2D eigenvalue weighted by Gasteiger charge is -2.08. The number of benzene rings is 1. The van der Waals surface area contributed by atoms with E-state index in [1.165, 1.54) is 12.1 Å². The van der Waals surface area contributed by atoms with Crippen molar-refractivity contribution in [3.05, 3.63) is 53.9 Å². The normalized spacial score (nSPS) is 10.8. The first-order valence-electron chi connectivity index (χ1n) is 5.92. The summed E-state index contributed by atoms with van der Waals surface area (Å²) in [4.78, 5) is 4.17. The summed E-state index contributed by atoms with van der Waals surface area (Å²) in [5, 5.41) is 8.58. The van der Waals surface area contributed by atoms with Crippen LogP contribution >= 0.6 is 0 Å². The molecule has 1 heterocycles. The number of hydrogen-bond donors (Lipinski definition) is 1. The van der Waals surface area contributed by atoms with Gasteiger partial charge in [0.2, 0.25) is 0 Å². The summed E-state index contributed by atoms with van der Waals surface area (Å²) in [6.45, 7) is 1.79. The van der Waals surface area contributed by atoms with E-state index in [2.05, 4.69) is 9.71 Å². The predicted molar refractivity (Wildman–Crippen MR) is 75.5 cm³/mol. The smallest absolute Gasteiger partial charge is 0.261 e. The van der Waals surface area contributed by atoms with Crippen LogP contribution < -0.4 is 4.72 Å². The number of nitrogens with zero attached hydrogens (tertiary/aromatic N) is 2. The molecule has 0 spiro atoms. The average molecular weight is 287 g/mol. The number of anilines is 1. The first-order chi connectivity index (χ1) is 9.51. The van der Waals surface area contributed by atoms with E-state index in [0.717, 1.165) is 11.3 Å². The lowest BCUT2D eigenvalue weighted by molar-refractivity contribution is 0.601. The van der Waals surface area contributed by atoms with Crippen molar-refractivity contribution in [3.8, 4) is 6.07 Å². The van der Waals surface area contributed by atoms with Gasteiger partial charge in [0.05, 0.1) is 23.1 Å². The third kappa shape index (κ3) is 3.33. The Balaban J connectivity index is 2.24. The molecule has 0 saturated heterocycles. The van der Waals surface area contributed by atoms with Crippen molar-refractivity contribution in [1.29, 1.82) is 5.26 Å². The zero-order valence-corrected chi connectivity index (χ0v) is 11.7. The van der Waals surface area contributed by atoms with Gasteiger partial charge in [-0.2, -0.15) is 5.26 Å². The van der Waals surface area contributed by atoms with Crippen LogP contribution in [-0.2, 0) is 16.4 Å². The molecule has 6 heteroatoms. The summed E-state index contributed by atoms with van der Waals surface area (Å²) in [5.74, 6) is 0. The molecule has 0 aliphatic carbocycles. The first kappa shape index (κ1) is 14.0. The molecule has 0 radical (unpaired) electrons. The standard InChI is InChI=1S/C14H13N3O2S/c1-11-10-13(7-9-16-11)17-20(18,19)14-4-2-12(3-5-14)6-8-15/h2-5,7,9-10H,6H2,1H3,(H,16,17). The summed E-state index contributed by atoms with van der Waals surface area (Å²) in [6.07, 6.45) is 1.81. The number of nitriles is 1. The van der Waals surface area contributed by atoms with Crippen LogP contribution in [0.1, 0.15) is 11.3 Å². The van der Waals surface area contributed by atoms with E-state index in [4.69, 9.17) is 5.26 Å². The van der Waals surface area contributed by atoms with Crippen molar-refractivity contribution in [2.75, 3.05) is 4.72 Å². The Morgan fingerprint density at radius 2 is 1.95 bits per heavy atom. The lowest BCUT2D eigenvalue weighted by atomic mass is 10.2. The van der Waals surface area contributed by atoms with Crippen molar-refractivity contribution in [1.82, 2.24) is 4.98 Å². The molecule has 0 bridgehead atoms. The van der Waals surface area contributed by atoms with Crippen molar-refractivity contribution in [2.45, 2.75) is 18.2 Å². The van der Waals surface area contributed by atoms with Gasteiger partial charge in [-0.3, -0.25) is 9.71 Å². The Hall–Kier alpha value is -2.39. The fourth-order valence-electron chi connectivity index (χ4n) is 1.70. The van der Waals surface area contributed by atoms with Crippen LogP contribution in [0.4, 0.5) is 5.69 Å². The van der Waals surface area contributed by atoms with E-state index < -0.39 is 10.0 Å². The molecule has 0 fully saturated rings. The van der Waals surface area contributed by atoms with E-state index in [-0.39, 0.29) is 11.3 Å². The molecule has 2 rings (SSSR count). The predicted octanol–water partition coefficient (Wildman–Crippen LogP) is 2.26.